The normalized spacial score (nSPS) is 16.8. The third-order valence-corrected chi connectivity index (χ3v) is 4.18. The summed E-state index contributed by atoms with van der Waals surface area (Å²) in [6, 6.07) is 13.7. The number of hydrogen-bond donors (Lipinski definition) is 1. The van der Waals surface area contributed by atoms with Gasteiger partial charge in [0, 0.05) is 29.0 Å². The lowest BCUT2D eigenvalue weighted by atomic mass is 9.77. The van der Waals surface area contributed by atoms with Gasteiger partial charge in [0.15, 0.2) is 0 Å². The van der Waals surface area contributed by atoms with Gasteiger partial charge in [-0.25, -0.2) is 4.39 Å². The van der Waals surface area contributed by atoms with E-state index in [1.807, 2.05) is 12.1 Å². The van der Waals surface area contributed by atoms with Gasteiger partial charge < -0.3 is 5.32 Å². The van der Waals surface area contributed by atoms with Crippen LogP contribution in [0, 0.1) is 5.82 Å². The topological polar surface area (TPSA) is 12.0 Å². The highest BCUT2D eigenvalue weighted by molar-refractivity contribution is 9.10. The smallest absolute Gasteiger partial charge is 0.128 e. The van der Waals surface area contributed by atoms with E-state index in [2.05, 4.69) is 45.5 Å². The van der Waals surface area contributed by atoms with Gasteiger partial charge in [-0.15, -0.1) is 0 Å². The third kappa shape index (κ3) is 2.72. The van der Waals surface area contributed by atoms with Crippen LogP contribution in [0.4, 0.5) is 4.39 Å². The molecule has 19 heavy (non-hydrogen) atoms. The molecule has 0 saturated carbocycles. The number of nitrogens with one attached hydrogen (secondary N) is 1. The molecule has 1 aliphatic rings. The molecule has 0 radical (unpaired) electrons. The van der Waals surface area contributed by atoms with Crippen molar-refractivity contribution in [3.05, 3.63) is 69.4 Å². The van der Waals surface area contributed by atoms with E-state index in [-0.39, 0.29) is 5.82 Å². The predicted octanol–water partition coefficient (Wildman–Crippen LogP) is 4.02. The highest BCUT2D eigenvalue weighted by Crippen LogP contribution is 2.34. The molecule has 0 saturated heterocycles. The maximum absolute atomic E-state index is 13.6. The molecule has 2 aromatic rings. The van der Waals surface area contributed by atoms with E-state index in [4.69, 9.17) is 0 Å². The van der Waals surface area contributed by atoms with Gasteiger partial charge in [0.05, 0.1) is 0 Å². The van der Waals surface area contributed by atoms with Crippen molar-refractivity contribution in [2.75, 3.05) is 6.54 Å². The molecule has 0 bridgehead atoms. The Balaban J connectivity index is 1.55. The fraction of sp³-hybridized carbons (Fsp3) is 0.250. The minimum atomic E-state index is -0.157. The van der Waals surface area contributed by atoms with Crippen LogP contribution in [0.2, 0.25) is 0 Å². The second-order valence-corrected chi connectivity index (χ2v) is 5.88. The second-order valence-electron chi connectivity index (χ2n) is 4.97. The van der Waals surface area contributed by atoms with Crippen LogP contribution in [-0.2, 0) is 13.0 Å². The van der Waals surface area contributed by atoms with Crippen LogP contribution in [-0.4, -0.2) is 6.54 Å². The van der Waals surface area contributed by atoms with Gasteiger partial charge in [-0.1, -0.05) is 46.3 Å². The van der Waals surface area contributed by atoms with Crippen molar-refractivity contribution in [1.82, 2.24) is 5.32 Å². The van der Waals surface area contributed by atoms with Crippen molar-refractivity contribution in [3.63, 3.8) is 0 Å². The van der Waals surface area contributed by atoms with Gasteiger partial charge in [0.1, 0.15) is 5.82 Å². The molecular weight excluding hydrogens is 305 g/mol. The van der Waals surface area contributed by atoms with E-state index in [1.54, 1.807) is 0 Å². The summed E-state index contributed by atoms with van der Waals surface area (Å²) >= 11 is 3.27. The summed E-state index contributed by atoms with van der Waals surface area (Å²) in [5, 5.41) is 3.35. The van der Waals surface area contributed by atoms with Crippen molar-refractivity contribution in [3.8, 4) is 0 Å². The number of halogens is 2. The molecule has 2 aromatic carbocycles. The Morgan fingerprint density at radius 2 is 2.05 bits per heavy atom. The number of rotatable bonds is 4. The number of benzene rings is 2. The zero-order valence-electron chi connectivity index (χ0n) is 10.5. The maximum Gasteiger partial charge on any atom is 0.128 e. The van der Waals surface area contributed by atoms with E-state index >= 15 is 0 Å². The molecule has 0 fully saturated rings. The largest absolute Gasteiger partial charge is 0.312 e. The van der Waals surface area contributed by atoms with Crippen LogP contribution in [0.3, 0.4) is 0 Å². The summed E-state index contributed by atoms with van der Waals surface area (Å²) in [4.78, 5) is 0. The molecule has 1 N–H and O–H groups in total. The molecule has 98 valence electrons. The molecule has 1 nitrogen and oxygen atoms in total. The lowest BCUT2D eigenvalue weighted by Gasteiger charge is -2.30. The van der Waals surface area contributed by atoms with Crippen molar-refractivity contribution < 1.29 is 4.39 Å². The van der Waals surface area contributed by atoms with Gasteiger partial charge in [-0.05, 0) is 29.7 Å². The Hall–Kier alpha value is -1.19. The lowest BCUT2D eigenvalue weighted by molar-refractivity contribution is 0.523. The van der Waals surface area contributed by atoms with Gasteiger partial charge in [-0.3, -0.25) is 0 Å². The molecule has 1 aliphatic carbocycles. The van der Waals surface area contributed by atoms with Crippen molar-refractivity contribution >= 4 is 15.9 Å². The van der Waals surface area contributed by atoms with Crippen molar-refractivity contribution in [2.24, 2.45) is 0 Å². The second kappa shape index (κ2) is 5.43. The quantitative estimate of drug-likeness (QED) is 0.897. The van der Waals surface area contributed by atoms with Crippen LogP contribution < -0.4 is 5.32 Å². The van der Waals surface area contributed by atoms with Crippen molar-refractivity contribution in [1.29, 1.82) is 0 Å². The summed E-state index contributed by atoms with van der Waals surface area (Å²) in [5.74, 6) is 0.422. The Bertz CT molecular complexity index is 597. The third-order valence-electron chi connectivity index (χ3n) is 3.68. The molecule has 0 aromatic heterocycles. The van der Waals surface area contributed by atoms with Crippen LogP contribution >= 0.6 is 15.9 Å². The highest BCUT2D eigenvalue weighted by Gasteiger charge is 2.24. The Labute approximate surface area is 121 Å². The molecule has 1 unspecified atom stereocenters. The molecule has 3 heteroatoms. The van der Waals surface area contributed by atoms with Crippen LogP contribution in [0.25, 0.3) is 0 Å². The van der Waals surface area contributed by atoms with E-state index in [1.165, 1.54) is 17.2 Å². The van der Waals surface area contributed by atoms with Gasteiger partial charge in [0.25, 0.3) is 0 Å². The van der Waals surface area contributed by atoms with E-state index < -0.39 is 0 Å². The molecular formula is C16H15BrFN. The average molecular weight is 320 g/mol. The molecule has 0 heterocycles. The van der Waals surface area contributed by atoms with E-state index in [0.29, 0.717) is 12.5 Å². The van der Waals surface area contributed by atoms with Crippen LogP contribution in [0.15, 0.2) is 46.9 Å². The fourth-order valence-electron chi connectivity index (χ4n) is 2.59. The zero-order valence-corrected chi connectivity index (χ0v) is 12.1. The minimum absolute atomic E-state index is 0.157. The van der Waals surface area contributed by atoms with E-state index in [0.717, 1.165) is 23.0 Å². The van der Waals surface area contributed by atoms with Gasteiger partial charge in [0.2, 0.25) is 0 Å². The van der Waals surface area contributed by atoms with Crippen LogP contribution in [0.1, 0.15) is 22.6 Å². The molecule has 0 amide bonds. The fourth-order valence-corrected chi connectivity index (χ4v) is 2.92. The Kier molecular flexibility index (Phi) is 3.67. The van der Waals surface area contributed by atoms with Gasteiger partial charge >= 0.3 is 0 Å². The maximum atomic E-state index is 13.6. The molecule has 3 rings (SSSR count). The number of hydrogen-bond acceptors (Lipinski definition) is 1. The number of fused-ring (bicyclic) bond motifs is 1. The SMILES string of the molecule is Fc1cc(Br)ccc1CNCC1Cc2ccccc21. The summed E-state index contributed by atoms with van der Waals surface area (Å²) < 4.78 is 14.4. The Morgan fingerprint density at radius 1 is 1.21 bits per heavy atom. The average Bonchev–Trinajstić information content (AvgIpc) is 2.37. The van der Waals surface area contributed by atoms with Crippen LogP contribution in [0.5, 0.6) is 0 Å². The molecule has 0 spiro atoms. The minimum Gasteiger partial charge on any atom is -0.312 e. The predicted molar refractivity (Wildman–Crippen MR) is 78.7 cm³/mol. The summed E-state index contributed by atoms with van der Waals surface area (Å²) in [6.45, 7) is 1.49. The highest BCUT2D eigenvalue weighted by atomic mass is 79.9. The monoisotopic (exact) mass is 319 g/mol. The molecule has 1 atom stereocenters. The first-order valence-corrected chi connectivity index (χ1v) is 7.26. The Morgan fingerprint density at radius 3 is 2.84 bits per heavy atom. The molecule has 0 aliphatic heterocycles. The summed E-state index contributed by atoms with van der Waals surface area (Å²) in [7, 11) is 0. The first-order valence-electron chi connectivity index (χ1n) is 6.46. The van der Waals surface area contributed by atoms with Gasteiger partial charge in [-0.2, -0.15) is 0 Å². The first kappa shape index (κ1) is 12.8. The summed E-state index contributed by atoms with van der Waals surface area (Å²) in [6.07, 6.45) is 1.13. The van der Waals surface area contributed by atoms with Crippen molar-refractivity contribution in [2.45, 2.75) is 18.9 Å². The lowest BCUT2D eigenvalue weighted by Crippen LogP contribution is -2.29. The first-order chi connectivity index (χ1) is 9.24. The van der Waals surface area contributed by atoms with E-state index in [9.17, 15) is 4.39 Å². The summed E-state index contributed by atoms with van der Waals surface area (Å²) in [5.41, 5.74) is 3.60. The zero-order chi connectivity index (χ0) is 13.2. The standard InChI is InChI=1S/C16H15BrFN/c17-14-6-5-12(16(18)8-14)9-19-10-13-7-11-3-1-2-4-15(11)13/h1-6,8,13,19H,7,9-10H2.